The first-order valence-corrected chi connectivity index (χ1v) is 15.6. The Bertz CT molecular complexity index is 950. The van der Waals surface area contributed by atoms with Gasteiger partial charge in [-0.3, -0.25) is 9.59 Å². The standard InChI is InChI=1S/C27H38O4SSi/c1-26(2,3)21-16-19(32-18-33(7,8)20-12-10-9-11-13-20)17-22(27(4,5)6)25(21)31-24(30)15-14-23(28)29/h9-13,16-17H,14-15,18H2,1-8H3,(H,28,29). The summed E-state index contributed by atoms with van der Waals surface area (Å²) in [6.07, 6.45) is -0.377. The Kier molecular flexibility index (Phi) is 8.63. The number of carboxylic acids is 1. The van der Waals surface area contributed by atoms with Crippen molar-refractivity contribution in [3.05, 3.63) is 53.6 Å². The zero-order valence-corrected chi connectivity index (χ0v) is 23.1. The predicted octanol–water partition coefficient (Wildman–Crippen LogP) is 6.30. The minimum absolute atomic E-state index is 0.143. The lowest BCUT2D eigenvalue weighted by Gasteiger charge is -2.30. The average molecular weight is 487 g/mol. The summed E-state index contributed by atoms with van der Waals surface area (Å²) >= 11 is 1.87. The van der Waals surface area contributed by atoms with Gasteiger partial charge >= 0.3 is 11.9 Å². The molecular weight excluding hydrogens is 448 g/mol. The number of carbonyl (C=O) groups is 2. The monoisotopic (exact) mass is 486 g/mol. The molecule has 4 nitrogen and oxygen atoms in total. The van der Waals surface area contributed by atoms with Crippen LogP contribution in [0.5, 0.6) is 5.75 Å². The van der Waals surface area contributed by atoms with Gasteiger partial charge in [0.15, 0.2) is 0 Å². The Morgan fingerprint density at radius 1 is 0.909 bits per heavy atom. The summed E-state index contributed by atoms with van der Waals surface area (Å²) in [5.41, 5.74) is 1.46. The van der Waals surface area contributed by atoms with E-state index < -0.39 is 20.0 Å². The van der Waals surface area contributed by atoms with Gasteiger partial charge in [-0.15, -0.1) is 11.8 Å². The van der Waals surface area contributed by atoms with E-state index in [0.29, 0.717) is 5.75 Å². The van der Waals surface area contributed by atoms with Crippen molar-refractivity contribution in [2.75, 3.05) is 5.38 Å². The molecule has 33 heavy (non-hydrogen) atoms. The second kappa shape index (κ2) is 10.5. The van der Waals surface area contributed by atoms with Crippen LogP contribution in [0.3, 0.4) is 0 Å². The normalized spacial score (nSPS) is 12.5. The van der Waals surface area contributed by atoms with Gasteiger partial charge in [-0.1, -0.05) is 90.2 Å². The number of carboxylic acid groups (broad SMARTS) is 1. The highest BCUT2D eigenvalue weighted by atomic mass is 32.2. The first-order valence-electron chi connectivity index (χ1n) is 11.4. The minimum atomic E-state index is -1.63. The van der Waals surface area contributed by atoms with E-state index in [1.54, 1.807) is 0 Å². The molecule has 2 rings (SSSR count). The molecule has 2 aromatic carbocycles. The molecule has 0 aliphatic carbocycles. The number of thioether (sulfide) groups is 1. The third-order valence-corrected chi connectivity index (χ3v) is 11.5. The summed E-state index contributed by atoms with van der Waals surface area (Å²) in [7, 11) is -1.63. The van der Waals surface area contributed by atoms with E-state index in [1.807, 2.05) is 11.8 Å². The van der Waals surface area contributed by atoms with Crippen LogP contribution in [0.4, 0.5) is 0 Å². The fraction of sp³-hybridized carbons (Fsp3) is 0.481. The lowest BCUT2D eigenvalue weighted by molar-refractivity contribution is -0.142. The van der Waals surface area contributed by atoms with Gasteiger partial charge in [0.2, 0.25) is 0 Å². The third kappa shape index (κ3) is 7.75. The maximum absolute atomic E-state index is 12.5. The van der Waals surface area contributed by atoms with Crippen molar-refractivity contribution < 1.29 is 19.4 Å². The van der Waals surface area contributed by atoms with Gasteiger partial charge in [-0.25, -0.2) is 0 Å². The third-order valence-electron chi connectivity index (χ3n) is 5.59. The summed E-state index contributed by atoms with van der Waals surface area (Å²) in [5, 5.41) is 11.4. The van der Waals surface area contributed by atoms with Crippen molar-refractivity contribution in [1.82, 2.24) is 0 Å². The first-order chi connectivity index (χ1) is 15.1. The van der Waals surface area contributed by atoms with Gasteiger partial charge in [-0.05, 0) is 28.3 Å². The number of ether oxygens (including phenoxy) is 1. The van der Waals surface area contributed by atoms with Gasteiger partial charge in [-0.2, -0.15) is 0 Å². The van der Waals surface area contributed by atoms with Crippen molar-refractivity contribution >= 4 is 37.0 Å². The average Bonchev–Trinajstić information content (AvgIpc) is 2.70. The smallest absolute Gasteiger partial charge is 0.311 e. The van der Waals surface area contributed by atoms with Gasteiger partial charge in [0.25, 0.3) is 0 Å². The molecule has 0 heterocycles. The summed E-state index contributed by atoms with van der Waals surface area (Å²) in [4.78, 5) is 24.6. The molecule has 180 valence electrons. The molecule has 0 unspecified atom stereocenters. The number of hydrogen-bond acceptors (Lipinski definition) is 4. The topological polar surface area (TPSA) is 63.6 Å². The molecule has 0 saturated heterocycles. The maximum atomic E-state index is 12.5. The summed E-state index contributed by atoms with van der Waals surface area (Å²) in [6.45, 7) is 17.5. The van der Waals surface area contributed by atoms with Crippen LogP contribution in [0.1, 0.15) is 65.5 Å². The molecule has 0 saturated carbocycles. The molecule has 0 bridgehead atoms. The van der Waals surface area contributed by atoms with Gasteiger partial charge in [0, 0.05) is 16.0 Å². The summed E-state index contributed by atoms with van der Waals surface area (Å²) in [6, 6.07) is 15.0. The van der Waals surface area contributed by atoms with E-state index in [-0.39, 0.29) is 23.7 Å². The maximum Gasteiger partial charge on any atom is 0.311 e. The molecule has 0 amide bonds. The molecule has 0 aliphatic rings. The zero-order chi connectivity index (χ0) is 25.0. The van der Waals surface area contributed by atoms with Crippen LogP contribution in [0, 0.1) is 0 Å². The molecule has 2 aromatic rings. The van der Waals surface area contributed by atoms with Crippen molar-refractivity contribution in [3.8, 4) is 5.75 Å². The van der Waals surface area contributed by atoms with Crippen LogP contribution < -0.4 is 9.92 Å². The molecule has 0 radical (unpaired) electrons. The second-order valence-electron chi connectivity index (χ2n) is 11.3. The van der Waals surface area contributed by atoms with E-state index in [9.17, 15) is 9.59 Å². The van der Waals surface area contributed by atoms with Crippen LogP contribution in [0.25, 0.3) is 0 Å². The van der Waals surface area contributed by atoms with E-state index in [2.05, 4.69) is 97.1 Å². The largest absolute Gasteiger partial charge is 0.481 e. The molecule has 0 atom stereocenters. The lowest BCUT2D eigenvalue weighted by Crippen LogP contribution is -2.44. The van der Waals surface area contributed by atoms with Crippen LogP contribution in [-0.4, -0.2) is 30.5 Å². The van der Waals surface area contributed by atoms with E-state index >= 15 is 0 Å². The van der Waals surface area contributed by atoms with E-state index in [4.69, 9.17) is 9.84 Å². The van der Waals surface area contributed by atoms with Crippen molar-refractivity contribution in [3.63, 3.8) is 0 Å². The Labute approximate surface area is 204 Å². The number of carbonyl (C=O) groups excluding carboxylic acids is 1. The van der Waals surface area contributed by atoms with Crippen LogP contribution in [0.2, 0.25) is 13.1 Å². The molecule has 0 aliphatic heterocycles. The Balaban J connectivity index is 2.46. The number of hydrogen-bond donors (Lipinski definition) is 1. The molecule has 0 aromatic heterocycles. The number of benzene rings is 2. The Hall–Kier alpha value is -2.05. The van der Waals surface area contributed by atoms with Crippen molar-refractivity contribution in [2.24, 2.45) is 0 Å². The SMILES string of the molecule is CC(C)(C)c1cc(SC[Si](C)(C)c2ccccc2)cc(C(C)(C)C)c1OC(=O)CCC(=O)O. The zero-order valence-electron chi connectivity index (χ0n) is 21.2. The Morgan fingerprint density at radius 2 is 1.42 bits per heavy atom. The quantitative estimate of drug-likeness (QED) is 0.205. The minimum Gasteiger partial charge on any atom is -0.481 e. The van der Waals surface area contributed by atoms with Crippen LogP contribution >= 0.6 is 11.8 Å². The highest BCUT2D eigenvalue weighted by Gasteiger charge is 2.30. The Morgan fingerprint density at radius 3 is 1.88 bits per heavy atom. The highest BCUT2D eigenvalue weighted by Crippen LogP contribution is 2.43. The molecule has 0 spiro atoms. The molecular formula is C27H38O4SSi. The fourth-order valence-electron chi connectivity index (χ4n) is 3.52. The summed E-state index contributed by atoms with van der Waals surface area (Å²) < 4.78 is 5.85. The van der Waals surface area contributed by atoms with Crippen LogP contribution in [0.15, 0.2) is 47.4 Å². The van der Waals surface area contributed by atoms with Crippen molar-refractivity contribution in [2.45, 2.75) is 83.2 Å². The molecule has 6 heteroatoms. The van der Waals surface area contributed by atoms with Crippen molar-refractivity contribution in [1.29, 1.82) is 0 Å². The second-order valence-corrected chi connectivity index (χ2v) is 17.5. The van der Waals surface area contributed by atoms with E-state index in [0.717, 1.165) is 16.5 Å². The molecule has 0 fully saturated rings. The number of esters is 1. The van der Waals surface area contributed by atoms with Crippen LogP contribution in [-0.2, 0) is 20.4 Å². The highest BCUT2D eigenvalue weighted by molar-refractivity contribution is 8.01. The molecule has 1 N–H and O–H groups in total. The number of rotatable bonds is 8. The summed E-state index contributed by atoms with van der Waals surface area (Å²) in [5.74, 6) is -0.934. The lowest BCUT2D eigenvalue weighted by atomic mass is 9.79. The van der Waals surface area contributed by atoms with Gasteiger partial charge in [0.05, 0.1) is 20.9 Å². The number of aliphatic carboxylic acids is 1. The van der Waals surface area contributed by atoms with Gasteiger partial charge in [0.1, 0.15) is 5.75 Å². The first kappa shape index (κ1) is 27.2. The van der Waals surface area contributed by atoms with E-state index in [1.165, 1.54) is 10.1 Å². The van der Waals surface area contributed by atoms with Gasteiger partial charge < -0.3 is 9.84 Å². The predicted molar refractivity (Wildman–Crippen MR) is 141 cm³/mol. The fourth-order valence-corrected chi connectivity index (χ4v) is 7.79.